The molecular formula is C20H27N5O5S. The number of hydrogen-bond donors (Lipinski definition) is 3. The fourth-order valence-corrected chi connectivity index (χ4v) is 3.40. The maximum absolute atomic E-state index is 12.0. The number of ether oxygens (including phenoxy) is 2. The third-order valence-electron chi connectivity index (χ3n) is 5.04. The van der Waals surface area contributed by atoms with Gasteiger partial charge in [0.1, 0.15) is 6.10 Å². The summed E-state index contributed by atoms with van der Waals surface area (Å²) in [6.45, 7) is 6.17. The number of anilines is 2. The van der Waals surface area contributed by atoms with Gasteiger partial charge in [0, 0.05) is 35.6 Å². The molecule has 2 aromatic rings. The summed E-state index contributed by atoms with van der Waals surface area (Å²) in [7, 11) is -3.74. The number of nitrogens with one attached hydrogen (secondary N) is 2. The fraction of sp³-hybridized carbons (Fsp3) is 0.450. The summed E-state index contributed by atoms with van der Waals surface area (Å²) in [6.07, 6.45) is 3.53. The van der Waals surface area contributed by atoms with E-state index < -0.39 is 16.1 Å². The molecule has 0 aliphatic carbocycles. The van der Waals surface area contributed by atoms with Crippen molar-refractivity contribution in [2.24, 2.45) is 5.14 Å². The van der Waals surface area contributed by atoms with Crippen molar-refractivity contribution in [3.05, 3.63) is 42.2 Å². The minimum absolute atomic E-state index is 0.0245. The number of nitrogens with two attached hydrogens (primary N) is 1. The van der Waals surface area contributed by atoms with Crippen LogP contribution in [0.25, 0.3) is 0 Å². The van der Waals surface area contributed by atoms with Crippen molar-refractivity contribution in [3.63, 3.8) is 0 Å². The highest BCUT2D eigenvalue weighted by atomic mass is 32.2. The molecule has 1 aliphatic rings. The van der Waals surface area contributed by atoms with E-state index in [9.17, 15) is 13.2 Å². The van der Waals surface area contributed by atoms with E-state index in [1.807, 2.05) is 20.8 Å². The second-order valence-electron chi connectivity index (χ2n) is 7.98. The number of benzene rings is 1. The Hall–Kier alpha value is -2.76. The molecule has 2 atom stereocenters. The lowest BCUT2D eigenvalue weighted by molar-refractivity contribution is 0.0661. The fourth-order valence-electron chi connectivity index (χ4n) is 2.88. The number of hydrogen-bond acceptors (Lipinski definition) is 8. The van der Waals surface area contributed by atoms with E-state index in [1.54, 1.807) is 24.5 Å². The number of sulfonamides is 1. The molecular weight excluding hydrogens is 422 g/mol. The van der Waals surface area contributed by atoms with Crippen molar-refractivity contribution >= 4 is 27.8 Å². The smallest absolute Gasteiger partial charge is 0.407 e. The molecule has 1 aromatic carbocycles. The Morgan fingerprint density at radius 2 is 1.90 bits per heavy atom. The molecule has 1 aromatic heterocycles. The predicted octanol–water partition coefficient (Wildman–Crippen LogP) is 2.61. The van der Waals surface area contributed by atoms with E-state index in [4.69, 9.17) is 14.6 Å². The molecule has 2 heterocycles. The molecule has 31 heavy (non-hydrogen) atoms. The largest absolute Gasteiger partial charge is 0.444 e. The van der Waals surface area contributed by atoms with Crippen LogP contribution in [0.5, 0.6) is 0 Å². The van der Waals surface area contributed by atoms with E-state index in [2.05, 4.69) is 20.6 Å². The van der Waals surface area contributed by atoms with Gasteiger partial charge < -0.3 is 20.1 Å². The maximum atomic E-state index is 12.0. The normalized spacial score (nSPS) is 19.1. The zero-order valence-corrected chi connectivity index (χ0v) is 18.5. The van der Waals surface area contributed by atoms with Crippen LogP contribution in [0.4, 0.5) is 16.4 Å². The summed E-state index contributed by atoms with van der Waals surface area (Å²) >= 11 is 0. The molecule has 0 saturated carbocycles. The monoisotopic (exact) mass is 449 g/mol. The van der Waals surface area contributed by atoms with Gasteiger partial charge in [-0.15, -0.1) is 0 Å². The quantitative estimate of drug-likeness (QED) is 0.585. The summed E-state index contributed by atoms with van der Waals surface area (Å²) in [5.74, 6) is 0.346. The van der Waals surface area contributed by atoms with E-state index in [-0.39, 0.29) is 22.6 Å². The SMILES string of the molecule is CCC(C)(C)NC(=O)OC1COC(c2cnc(Nc3ccc(S(N)(=O)=O)cc3)nc2)C1. The maximum Gasteiger partial charge on any atom is 0.407 e. The summed E-state index contributed by atoms with van der Waals surface area (Å²) in [4.78, 5) is 20.6. The first kappa shape index (κ1) is 22.9. The van der Waals surface area contributed by atoms with Crippen LogP contribution in [-0.4, -0.2) is 42.7 Å². The molecule has 0 bridgehead atoms. The number of primary sulfonamides is 1. The summed E-state index contributed by atoms with van der Waals surface area (Å²) in [6, 6.07) is 5.94. The molecule has 0 spiro atoms. The average molecular weight is 450 g/mol. The van der Waals surface area contributed by atoms with Crippen LogP contribution in [0.15, 0.2) is 41.6 Å². The van der Waals surface area contributed by atoms with Crippen molar-refractivity contribution in [1.82, 2.24) is 15.3 Å². The zero-order chi connectivity index (χ0) is 22.6. The van der Waals surface area contributed by atoms with Crippen LogP contribution in [0, 0.1) is 0 Å². The molecule has 1 aliphatic heterocycles. The molecule has 10 nitrogen and oxygen atoms in total. The molecule has 168 valence electrons. The van der Waals surface area contributed by atoms with Crippen LogP contribution < -0.4 is 15.8 Å². The highest BCUT2D eigenvalue weighted by molar-refractivity contribution is 7.89. The van der Waals surface area contributed by atoms with Crippen LogP contribution in [0.1, 0.15) is 45.3 Å². The lowest BCUT2D eigenvalue weighted by Crippen LogP contribution is -2.44. The minimum Gasteiger partial charge on any atom is -0.444 e. The number of aromatic nitrogens is 2. The molecule has 1 fully saturated rings. The van der Waals surface area contributed by atoms with Gasteiger partial charge in [0.05, 0.1) is 17.6 Å². The average Bonchev–Trinajstić information content (AvgIpc) is 3.16. The van der Waals surface area contributed by atoms with Gasteiger partial charge in [0.15, 0.2) is 0 Å². The van der Waals surface area contributed by atoms with Crippen molar-refractivity contribution in [1.29, 1.82) is 0 Å². The van der Waals surface area contributed by atoms with Crippen LogP contribution in [0.2, 0.25) is 0 Å². The topological polar surface area (TPSA) is 146 Å². The number of amides is 1. The summed E-state index contributed by atoms with van der Waals surface area (Å²) in [5, 5.41) is 10.9. The molecule has 1 amide bonds. The molecule has 11 heteroatoms. The second-order valence-corrected chi connectivity index (χ2v) is 9.54. The van der Waals surface area contributed by atoms with E-state index in [0.717, 1.165) is 12.0 Å². The Morgan fingerprint density at radius 1 is 1.26 bits per heavy atom. The van der Waals surface area contributed by atoms with Crippen LogP contribution in [0.3, 0.4) is 0 Å². The number of carbonyl (C=O) groups excluding carboxylic acids is 1. The predicted molar refractivity (Wildman–Crippen MR) is 114 cm³/mol. The van der Waals surface area contributed by atoms with Crippen molar-refractivity contribution in [2.45, 2.75) is 56.3 Å². The Labute approximate surface area is 181 Å². The Kier molecular flexibility index (Phi) is 6.77. The van der Waals surface area contributed by atoms with Gasteiger partial charge in [-0.3, -0.25) is 0 Å². The van der Waals surface area contributed by atoms with Gasteiger partial charge in [0.25, 0.3) is 0 Å². The highest BCUT2D eigenvalue weighted by Gasteiger charge is 2.31. The Morgan fingerprint density at radius 3 is 2.48 bits per heavy atom. The van der Waals surface area contributed by atoms with Crippen LogP contribution >= 0.6 is 0 Å². The zero-order valence-electron chi connectivity index (χ0n) is 17.7. The van der Waals surface area contributed by atoms with Crippen molar-refractivity contribution in [3.8, 4) is 0 Å². The van der Waals surface area contributed by atoms with Gasteiger partial charge in [-0.05, 0) is 44.5 Å². The molecule has 0 radical (unpaired) electrons. The van der Waals surface area contributed by atoms with Crippen LogP contribution in [-0.2, 0) is 19.5 Å². The van der Waals surface area contributed by atoms with E-state index >= 15 is 0 Å². The van der Waals surface area contributed by atoms with Gasteiger partial charge in [-0.2, -0.15) is 0 Å². The molecule has 3 rings (SSSR count). The first-order chi connectivity index (χ1) is 14.6. The van der Waals surface area contributed by atoms with E-state index in [1.165, 1.54) is 12.1 Å². The Bertz CT molecular complexity index is 1010. The second kappa shape index (κ2) is 9.16. The lowest BCUT2D eigenvalue weighted by Gasteiger charge is -2.24. The molecule has 2 unspecified atom stereocenters. The first-order valence-corrected chi connectivity index (χ1v) is 11.4. The number of nitrogens with zero attached hydrogens (tertiary/aromatic N) is 2. The standard InChI is InChI=1S/C20H27N5O5S/c1-4-20(2,3)25-19(26)30-15-9-17(29-12-15)13-10-22-18(23-11-13)24-14-5-7-16(8-6-14)31(21,27)28/h5-8,10-11,15,17H,4,9,12H2,1-3H3,(H,25,26)(H2,21,27,28)(H,22,23,24). The first-order valence-electron chi connectivity index (χ1n) is 9.88. The number of rotatable bonds is 7. The third-order valence-corrected chi connectivity index (χ3v) is 5.97. The minimum atomic E-state index is -3.74. The molecule has 4 N–H and O–H groups in total. The number of carbonyl (C=O) groups is 1. The van der Waals surface area contributed by atoms with E-state index in [0.29, 0.717) is 24.7 Å². The molecule has 1 saturated heterocycles. The van der Waals surface area contributed by atoms with Crippen molar-refractivity contribution < 1.29 is 22.7 Å². The summed E-state index contributed by atoms with van der Waals surface area (Å²) in [5.41, 5.74) is 1.06. The van der Waals surface area contributed by atoms with Gasteiger partial charge in [-0.25, -0.2) is 28.3 Å². The van der Waals surface area contributed by atoms with Gasteiger partial charge in [-0.1, -0.05) is 6.92 Å². The van der Waals surface area contributed by atoms with Crippen molar-refractivity contribution in [2.75, 3.05) is 11.9 Å². The third kappa shape index (κ3) is 6.36. The van der Waals surface area contributed by atoms with Gasteiger partial charge >= 0.3 is 6.09 Å². The summed E-state index contributed by atoms with van der Waals surface area (Å²) < 4.78 is 33.8. The number of alkyl carbamates (subject to hydrolysis) is 1. The van der Waals surface area contributed by atoms with Gasteiger partial charge in [0.2, 0.25) is 16.0 Å². The lowest BCUT2D eigenvalue weighted by atomic mass is 10.0. The highest BCUT2D eigenvalue weighted by Crippen LogP contribution is 2.30. The Balaban J connectivity index is 1.54.